The Hall–Kier alpha value is -3.17. The van der Waals surface area contributed by atoms with Gasteiger partial charge in [0.2, 0.25) is 0 Å². The number of hydrogen-bond donors (Lipinski definition) is 4. The molecule has 1 saturated carbocycles. The van der Waals surface area contributed by atoms with Crippen LogP contribution in [0.4, 0.5) is 41.9 Å². The van der Waals surface area contributed by atoms with Gasteiger partial charge in [-0.15, -0.1) is 5.10 Å². The fraction of sp³-hybridized carbons (Fsp3) is 0.250. The fourth-order valence-electron chi connectivity index (χ4n) is 2.65. The van der Waals surface area contributed by atoms with E-state index in [1.165, 1.54) is 22.8 Å². The van der Waals surface area contributed by atoms with Crippen molar-refractivity contribution in [3.63, 3.8) is 0 Å². The summed E-state index contributed by atoms with van der Waals surface area (Å²) in [5, 5.41) is 10.2. The van der Waals surface area contributed by atoms with Gasteiger partial charge in [-0.05, 0) is 31.0 Å². The average molecular weight is 363 g/mol. The Kier molecular flexibility index (Phi) is 3.56. The van der Waals surface area contributed by atoms with Gasteiger partial charge >= 0.3 is 6.18 Å². The van der Waals surface area contributed by atoms with Crippen LogP contribution < -0.4 is 22.1 Å². The van der Waals surface area contributed by atoms with E-state index in [0.717, 1.165) is 18.9 Å². The topological polar surface area (TPSA) is 106 Å². The highest BCUT2D eigenvalue weighted by molar-refractivity contribution is 5.75. The molecule has 10 heteroatoms. The number of nitrogens with one attached hydrogen (secondary N) is 2. The standard InChI is InChI=1S/C16H16F3N7/c17-16(18,19)10-4-1-8(20)5-11(10)24-14-6-12(23-9-2-3-9)15-22-7-13(21)26(15)25-14/h1,4-7,9,23H,2-3,20-21H2,(H,24,25). The smallest absolute Gasteiger partial charge is 0.399 e. The van der Waals surface area contributed by atoms with Crippen LogP contribution in [-0.4, -0.2) is 20.6 Å². The van der Waals surface area contributed by atoms with Crippen molar-refractivity contribution < 1.29 is 13.2 Å². The Morgan fingerprint density at radius 1 is 1.12 bits per heavy atom. The quantitative estimate of drug-likeness (QED) is 0.530. The van der Waals surface area contributed by atoms with Gasteiger partial charge in [0, 0.05) is 17.8 Å². The van der Waals surface area contributed by atoms with Crippen LogP contribution in [-0.2, 0) is 6.18 Å². The van der Waals surface area contributed by atoms with Gasteiger partial charge in [-0.25, -0.2) is 4.98 Å². The zero-order valence-corrected chi connectivity index (χ0v) is 13.5. The highest BCUT2D eigenvalue weighted by Gasteiger charge is 2.33. The van der Waals surface area contributed by atoms with Crippen LogP contribution in [0.3, 0.4) is 0 Å². The predicted octanol–water partition coefficient (Wildman–Crippen LogP) is 3.23. The second-order valence-corrected chi connectivity index (χ2v) is 6.21. The Bertz CT molecular complexity index is 976. The maximum atomic E-state index is 13.3. The number of nitrogen functional groups attached to an aromatic ring is 2. The SMILES string of the molecule is Nc1ccc(C(F)(F)F)c(Nc2cc(NC3CC3)c3ncc(N)n3n2)c1. The molecule has 0 unspecified atom stereocenters. The molecule has 6 N–H and O–H groups in total. The number of halogens is 3. The summed E-state index contributed by atoms with van der Waals surface area (Å²) in [5.41, 5.74) is 11.9. The summed E-state index contributed by atoms with van der Waals surface area (Å²) in [6.45, 7) is 0. The maximum Gasteiger partial charge on any atom is 0.418 e. The number of hydrogen-bond acceptors (Lipinski definition) is 6. The second-order valence-electron chi connectivity index (χ2n) is 6.21. The van der Waals surface area contributed by atoms with Gasteiger partial charge in [0.1, 0.15) is 5.82 Å². The van der Waals surface area contributed by atoms with Crippen LogP contribution in [0.1, 0.15) is 18.4 Å². The van der Waals surface area contributed by atoms with E-state index in [4.69, 9.17) is 11.5 Å². The van der Waals surface area contributed by atoms with E-state index in [1.807, 2.05) is 0 Å². The van der Waals surface area contributed by atoms with Gasteiger partial charge < -0.3 is 22.1 Å². The number of nitrogens with zero attached hydrogens (tertiary/aromatic N) is 3. The molecule has 1 aliphatic rings. The van der Waals surface area contributed by atoms with Gasteiger partial charge in [-0.1, -0.05) is 0 Å². The zero-order chi connectivity index (χ0) is 18.5. The Labute approximate surface area is 146 Å². The average Bonchev–Trinajstić information content (AvgIpc) is 3.29. The normalized spacial score (nSPS) is 14.6. The molecule has 4 rings (SSSR count). The first kappa shape index (κ1) is 16.3. The first-order valence-corrected chi connectivity index (χ1v) is 7.96. The Morgan fingerprint density at radius 2 is 1.88 bits per heavy atom. The third-order valence-electron chi connectivity index (χ3n) is 4.04. The monoisotopic (exact) mass is 363 g/mol. The van der Waals surface area contributed by atoms with Crippen molar-refractivity contribution in [3.8, 4) is 0 Å². The molecule has 26 heavy (non-hydrogen) atoms. The largest absolute Gasteiger partial charge is 0.418 e. The van der Waals surface area contributed by atoms with Crippen LogP contribution in [0.2, 0.25) is 0 Å². The van der Waals surface area contributed by atoms with Gasteiger partial charge in [-0.3, -0.25) is 0 Å². The summed E-state index contributed by atoms with van der Waals surface area (Å²) in [4.78, 5) is 4.20. The third-order valence-corrected chi connectivity index (χ3v) is 4.04. The Balaban J connectivity index is 1.78. The molecule has 0 radical (unpaired) electrons. The molecule has 2 aromatic heterocycles. The second kappa shape index (κ2) is 5.68. The molecule has 1 fully saturated rings. The molecule has 3 aromatic rings. The minimum atomic E-state index is -4.52. The van der Waals surface area contributed by atoms with Crippen molar-refractivity contribution >= 4 is 34.3 Å². The Morgan fingerprint density at radius 3 is 2.58 bits per heavy atom. The molecule has 0 saturated heterocycles. The number of rotatable bonds is 4. The lowest BCUT2D eigenvalue weighted by Crippen LogP contribution is -2.11. The van der Waals surface area contributed by atoms with E-state index >= 15 is 0 Å². The predicted molar refractivity (Wildman–Crippen MR) is 93.2 cm³/mol. The van der Waals surface area contributed by atoms with Crippen molar-refractivity contribution in [1.29, 1.82) is 0 Å². The number of anilines is 5. The molecule has 1 aliphatic carbocycles. The minimum Gasteiger partial charge on any atom is -0.399 e. The van der Waals surface area contributed by atoms with Crippen molar-refractivity contribution in [2.75, 3.05) is 22.1 Å². The molecular formula is C16H16F3N7. The maximum absolute atomic E-state index is 13.3. The van der Waals surface area contributed by atoms with Crippen LogP contribution in [0.15, 0.2) is 30.5 Å². The van der Waals surface area contributed by atoms with E-state index in [9.17, 15) is 13.2 Å². The zero-order valence-electron chi connectivity index (χ0n) is 13.5. The molecule has 0 amide bonds. The van der Waals surface area contributed by atoms with Crippen LogP contribution >= 0.6 is 0 Å². The summed E-state index contributed by atoms with van der Waals surface area (Å²) in [7, 11) is 0. The number of benzene rings is 1. The van der Waals surface area contributed by atoms with Gasteiger partial charge in [-0.2, -0.15) is 17.7 Å². The van der Waals surface area contributed by atoms with Crippen LogP contribution in [0, 0.1) is 0 Å². The summed E-state index contributed by atoms with van der Waals surface area (Å²) >= 11 is 0. The number of imidazole rings is 1. The third kappa shape index (κ3) is 3.05. The number of alkyl halides is 3. The van der Waals surface area contributed by atoms with Gasteiger partial charge in [0.05, 0.1) is 23.1 Å². The summed E-state index contributed by atoms with van der Waals surface area (Å²) in [6, 6.07) is 5.30. The van der Waals surface area contributed by atoms with Crippen molar-refractivity contribution in [2.45, 2.75) is 25.1 Å². The summed E-state index contributed by atoms with van der Waals surface area (Å²) in [6.07, 6.45) is -1.02. The molecule has 7 nitrogen and oxygen atoms in total. The van der Waals surface area contributed by atoms with E-state index in [0.29, 0.717) is 17.4 Å². The number of aromatic nitrogens is 3. The van der Waals surface area contributed by atoms with E-state index in [-0.39, 0.29) is 23.0 Å². The first-order chi connectivity index (χ1) is 12.3. The lowest BCUT2D eigenvalue weighted by molar-refractivity contribution is -0.136. The van der Waals surface area contributed by atoms with E-state index < -0.39 is 11.7 Å². The van der Waals surface area contributed by atoms with Crippen molar-refractivity contribution in [2.24, 2.45) is 0 Å². The number of nitrogens with two attached hydrogens (primary N) is 2. The van der Waals surface area contributed by atoms with Gasteiger partial charge in [0.25, 0.3) is 0 Å². The first-order valence-electron chi connectivity index (χ1n) is 7.96. The molecule has 0 atom stereocenters. The molecule has 1 aromatic carbocycles. The molecule has 0 aliphatic heterocycles. The minimum absolute atomic E-state index is 0.180. The van der Waals surface area contributed by atoms with Crippen LogP contribution in [0.25, 0.3) is 5.65 Å². The molecular weight excluding hydrogens is 347 g/mol. The van der Waals surface area contributed by atoms with Crippen LogP contribution in [0.5, 0.6) is 0 Å². The fourth-order valence-corrected chi connectivity index (χ4v) is 2.65. The van der Waals surface area contributed by atoms with Gasteiger partial charge in [0.15, 0.2) is 11.5 Å². The molecule has 0 spiro atoms. The van der Waals surface area contributed by atoms with Crippen molar-refractivity contribution in [1.82, 2.24) is 14.6 Å². The highest BCUT2D eigenvalue weighted by atomic mass is 19.4. The number of fused-ring (bicyclic) bond motifs is 1. The summed E-state index contributed by atoms with van der Waals surface area (Å²) < 4.78 is 41.2. The lowest BCUT2D eigenvalue weighted by Gasteiger charge is -2.16. The summed E-state index contributed by atoms with van der Waals surface area (Å²) in [5.74, 6) is 0.479. The van der Waals surface area contributed by atoms with Crippen molar-refractivity contribution in [3.05, 3.63) is 36.0 Å². The highest BCUT2D eigenvalue weighted by Crippen LogP contribution is 2.37. The molecule has 0 bridgehead atoms. The molecule has 136 valence electrons. The molecule has 2 heterocycles. The lowest BCUT2D eigenvalue weighted by atomic mass is 10.1. The van der Waals surface area contributed by atoms with E-state index in [2.05, 4.69) is 20.7 Å². The van der Waals surface area contributed by atoms with E-state index in [1.54, 1.807) is 6.07 Å².